The zero-order valence-corrected chi connectivity index (χ0v) is 97.0. The molecule has 32 nitrogen and oxygen atoms in total. The van der Waals surface area contributed by atoms with Gasteiger partial charge in [0.25, 0.3) is 0 Å². The second-order valence-corrected chi connectivity index (χ2v) is 47.0. The van der Waals surface area contributed by atoms with Crippen molar-refractivity contribution >= 4 is 186 Å². The van der Waals surface area contributed by atoms with Crippen molar-refractivity contribution in [1.82, 2.24) is 0 Å². The minimum Gasteiger partial charge on any atom is -0.470 e. The van der Waals surface area contributed by atoms with Crippen LogP contribution in [0.5, 0.6) is 0 Å². The van der Waals surface area contributed by atoms with Crippen molar-refractivity contribution in [2.24, 2.45) is 11.8 Å². The van der Waals surface area contributed by atoms with Gasteiger partial charge >= 0.3 is 73.1 Å². The van der Waals surface area contributed by atoms with Crippen molar-refractivity contribution in [2.45, 2.75) is 173 Å². The van der Waals surface area contributed by atoms with Crippen LogP contribution in [-0.4, -0.2) is 315 Å². The van der Waals surface area contributed by atoms with Gasteiger partial charge in [0.15, 0.2) is 0 Å². The fourth-order valence-electron chi connectivity index (χ4n) is 6.07. The molecule has 2 atom stereocenters. The standard InChI is InChI=1S/C9H18O3Si.3C8H16O3Si.2C7H14O3Si.2C7H14O2Si.C6H12O3Si.C6H12O2Si.C5H10O3Si.C5H10O2Si/c1-4-6-7-13(5-2)8-12-9(10)11-3;1-4-12-6-11-8(9)10-5-7(2)3;1-4-6-12(5-2)7-11-8(9)10-3;1-3-5-6-10-8(9)11-7-12-4-2;1-4-11-5-9-7(8)10-6(2)3;1-3-5-9-7(8)10-6-11-4-2;1-4-10-5-9-7(8)6(2)3;1-3-5-7(8)9-6-10-4-2;1-3-8-6(7)9-5-10-4-2;1-3-6(7)8-5-9-4-2;1-3-9-4-8-5(6)7-2;1-3-8-4-7-5(2)6/h5,13H,2,4,6-8H2,1,3H3;4,7H,1,5-6,12H2,2-3H3;5,12H,2,4,6-7H2,1,3H3;4H,2-3,5-7,12H2,1H3;4,6H,1,5,11H2,2-3H3;4H,2-3,5-6,11H2,1H3;4,6H,1,5,10H2,2-3H3;4H,2-3,5-6,10H2,1H3;4H,2-3,5,10H2,1H3;4H,2-3,5,9H2,1H3;3H,1,4,9H2,2H3;3H,1,4,8H2,2H3. The molecule has 44 heteroatoms. The summed E-state index contributed by atoms with van der Waals surface area (Å²) in [6, 6.07) is 2.28. The SMILES string of the molecule is C=C[SiH2]COC(=O)C(C)C.C=C[SiH2]COC(=O)CC.C=C[SiH2]COC(=O)CCC.C=C[SiH2]COC(=O)OC.C=C[SiH2]COC(=O)OC(C)C.C=C[SiH2]COC(=O)OCC.C=C[SiH2]COC(=O)OCC(C)C.C=C[SiH2]COC(=O)OCCC.C=C[SiH2]COC(=O)OCCCC.C=C[SiH2]COC(C)=O.C=C[SiH](CCC)COC(=O)OC.C=C[SiH](CCCC)COC(=O)OC. The minimum atomic E-state index is -1.06. The number of esters is 4. The summed E-state index contributed by atoms with van der Waals surface area (Å²) in [6.45, 7) is 71.0. The summed E-state index contributed by atoms with van der Waals surface area (Å²) in [5.41, 5.74) is 22.3. The van der Waals surface area contributed by atoms with Crippen LogP contribution in [0.25, 0.3) is 0 Å². The van der Waals surface area contributed by atoms with Crippen molar-refractivity contribution in [2.75, 3.05) is 123 Å². The average molecular weight is 2010 g/mol. The van der Waals surface area contributed by atoms with Gasteiger partial charge in [0.05, 0.1) is 230 Å². The molecular weight excluding hydrogens is 1850 g/mol. The van der Waals surface area contributed by atoms with Gasteiger partial charge in [0.2, 0.25) is 0 Å². The second-order valence-electron chi connectivity index (χ2n) is 25.6. The second kappa shape index (κ2) is 128. The first-order chi connectivity index (χ1) is 60.6. The molecule has 0 aromatic rings. The third kappa shape index (κ3) is 162. The predicted octanol–water partition coefficient (Wildman–Crippen LogP) is 9.20. The van der Waals surface area contributed by atoms with Crippen molar-refractivity contribution in [3.63, 3.8) is 0 Å². The van der Waals surface area contributed by atoms with E-state index in [1.54, 1.807) is 27.7 Å². The Labute approximate surface area is 787 Å². The van der Waals surface area contributed by atoms with Crippen LogP contribution >= 0.6 is 0 Å². The number of unbranched alkanes of at least 4 members (excludes halogenated alkanes) is 2. The third-order valence-electron chi connectivity index (χ3n) is 12.7. The molecule has 0 saturated carbocycles. The van der Waals surface area contributed by atoms with Crippen LogP contribution in [-0.2, 0) is 114 Å². The molecule has 0 N–H and O–H groups in total. The highest BCUT2D eigenvalue weighted by molar-refractivity contribution is 6.64. The van der Waals surface area contributed by atoms with Crippen LogP contribution in [0.2, 0.25) is 12.1 Å². The Balaban J connectivity index is -0.000000114. The molecule has 0 aromatic carbocycles. The lowest BCUT2D eigenvalue weighted by Gasteiger charge is -2.09. The normalized spacial score (nSPS) is 10.4. The summed E-state index contributed by atoms with van der Waals surface area (Å²) in [5, 5.41) is 0. The quantitative estimate of drug-likeness (QED) is 0.0237. The average Bonchev–Trinajstić information content (AvgIpc) is 0.930. The van der Waals surface area contributed by atoms with E-state index in [9.17, 15) is 57.5 Å². The number of hydrogen-bond donors (Lipinski definition) is 0. The molecule has 0 aliphatic rings. The van der Waals surface area contributed by atoms with Crippen LogP contribution in [0.1, 0.15) is 155 Å². The first-order valence-corrected chi connectivity index (χ1v) is 65.5. The molecule has 0 rings (SSSR count). The molecule has 127 heavy (non-hydrogen) atoms. The van der Waals surface area contributed by atoms with Crippen LogP contribution in [0.15, 0.2) is 147 Å². The molecule has 0 radical (unpaired) electrons. The molecule has 738 valence electrons. The van der Waals surface area contributed by atoms with Gasteiger partial charge in [-0.05, 0) is 46.0 Å². The van der Waals surface area contributed by atoms with E-state index < -0.39 is 114 Å². The van der Waals surface area contributed by atoms with Gasteiger partial charge in [-0.15, -0.1) is 147 Å². The molecule has 2 unspecified atom stereocenters. The van der Waals surface area contributed by atoms with Gasteiger partial charge in [0, 0.05) is 19.8 Å². The largest absolute Gasteiger partial charge is 0.508 e. The Morgan fingerprint density at radius 2 is 0.630 bits per heavy atom. The van der Waals surface area contributed by atoms with Gasteiger partial charge in [-0.1, -0.05) is 107 Å². The lowest BCUT2D eigenvalue weighted by atomic mass is 10.2. The topological polar surface area (TPSA) is 389 Å². The highest BCUT2D eigenvalue weighted by atomic mass is 28.3. The number of hydrogen-bond acceptors (Lipinski definition) is 32. The Morgan fingerprint density at radius 3 is 0.929 bits per heavy atom. The molecule has 0 spiro atoms. The van der Waals surface area contributed by atoms with E-state index in [2.05, 4.69) is 131 Å². The molecule has 0 heterocycles. The molecule has 0 aromatic heterocycles. The van der Waals surface area contributed by atoms with Gasteiger partial charge < -0.3 is 94.7 Å². The van der Waals surface area contributed by atoms with Gasteiger partial charge in [-0.25, -0.2) is 38.4 Å². The predicted molar refractivity (Wildman–Crippen MR) is 544 cm³/mol. The van der Waals surface area contributed by atoms with Crippen LogP contribution in [0.4, 0.5) is 38.4 Å². The Bertz CT molecular complexity index is 2720. The van der Waals surface area contributed by atoms with E-state index in [1.165, 1.54) is 41.1 Å². The van der Waals surface area contributed by atoms with Crippen molar-refractivity contribution in [3.05, 3.63) is 147 Å². The zero-order valence-electron chi connectivity index (χ0n) is 80.5. The molecule has 0 fully saturated rings. The molecule has 0 saturated heterocycles. The van der Waals surface area contributed by atoms with Gasteiger partial charge in [-0.3, -0.25) is 19.2 Å². The fraction of sp³-hybridized carbons (Fsp3) is 0.566. The number of ether oxygens (including phenoxy) is 20. The van der Waals surface area contributed by atoms with E-state index >= 15 is 0 Å². The molecule has 0 aliphatic carbocycles. The number of rotatable bonds is 54. The zero-order chi connectivity index (χ0) is 99.6. The Kier molecular flexibility index (Phi) is 146. The summed E-state index contributed by atoms with van der Waals surface area (Å²) in [4.78, 5) is 127. The maximum Gasteiger partial charge on any atom is 0.508 e. The Hall–Kier alpha value is -8.48. The van der Waals surface area contributed by atoms with E-state index in [0.717, 1.165) is 44.2 Å². The van der Waals surface area contributed by atoms with E-state index in [0.29, 0.717) is 120 Å². The monoisotopic (exact) mass is 2010 g/mol. The van der Waals surface area contributed by atoms with Crippen molar-refractivity contribution in [3.8, 4) is 0 Å². The number of carbonyl (C=O) groups is 12. The molecule has 0 amide bonds. The first-order valence-electron chi connectivity index (χ1n) is 42.7. The van der Waals surface area contributed by atoms with Crippen LogP contribution in [0.3, 0.4) is 0 Å². The van der Waals surface area contributed by atoms with Crippen molar-refractivity contribution in [1.29, 1.82) is 0 Å². The fourth-order valence-corrected chi connectivity index (χ4v) is 14.3. The van der Waals surface area contributed by atoms with E-state index in [-0.39, 0.29) is 83.5 Å². The number of methoxy groups -OCH3 is 3. The summed E-state index contributed by atoms with van der Waals surface area (Å²) < 4.78 is 93.4. The molecule has 0 aliphatic heterocycles. The molecular formula is C83H166O32Si12. The summed E-state index contributed by atoms with van der Waals surface area (Å²) in [7, 11) is -1.87. The van der Waals surface area contributed by atoms with Crippen LogP contribution < -0.4 is 0 Å². The lowest BCUT2D eigenvalue weighted by molar-refractivity contribution is -0.145. The Morgan fingerprint density at radius 1 is 0.315 bits per heavy atom. The smallest absolute Gasteiger partial charge is 0.470 e. The third-order valence-corrected chi connectivity index (χ3v) is 26.2. The van der Waals surface area contributed by atoms with Gasteiger partial charge in [0.1, 0.15) is 17.6 Å². The van der Waals surface area contributed by atoms with E-state index in [1.807, 2.05) is 117 Å². The maximum absolute atomic E-state index is 10.8. The highest BCUT2D eigenvalue weighted by Crippen LogP contribution is 2.04. The summed E-state index contributed by atoms with van der Waals surface area (Å²) >= 11 is 0. The van der Waals surface area contributed by atoms with E-state index in [4.69, 9.17) is 56.8 Å². The highest BCUT2D eigenvalue weighted by Gasteiger charge is 2.13. The minimum absolute atomic E-state index is 0.00110. The van der Waals surface area contributed by atoms with Gasteiger partial charge in [-0.2, -0.15) is 0 Å². The summed E-state index contributed by atoms with van der Waals surface area (Å²) in [5.74, 6) is -0.122. The number of carbonyl (C=O) groups excluding carboxylic acids is 12. The maximum atomic E-state index is 10.8. The molecule has 0 bridgehead atoms. The van der Waals surface area contributed by atoms with Crippen LogP contribution in [0, 0.1) is 11.8 Å². The lowest BCUT2D eigenvalue weighted by Crippen LogP contribution is -2.21. The summed E-state index contributed by atoms with van der Waals surface area (Å²) in [6.07, 6.45) is 9.78. The first kappa shape index (κ1) is 144. The van der Waals surface area contributed by atoms with Crippen molar-refractivity contribution < 1.29 is 152 Å².